The van der Waals surface area contributed by atoms with Gasteiger partial charge in [0.25, 0.3) is 0 Å². The molecule has 0 saturated heterocycles. The molecule has 0 amide bonds. The summed E-state index contributed by atoms with van der Waals surface area (Å²) in [6.07, 6.45) is 0.388. The molecule has 0 saturated carbocycles. The molecule has 1 rings (SSSR count). The van der Waals surface area contributed by atoms with Gasteiger partial charge in [0.1, 0.15) is 11.6 Å². The van der Waals surface area contributed by atoms with Crippen molar-refractivity contribution in [3.8, 4) is 0 Å². The van der Waals surface area contributed by atoms with E-state index in [1.165, 1.54) is 6.07 Å². The molecular formula is C15H24F2IN3O. The third-order valence-electron chi connectivity index (χ3n) is 2.75. The van der Waals surface area contributed by atoms with E-state index in [1.807, 2.05) is 13.8 Å². The summed E-state index contributed by atoms with van der Waals surface area (Å²) in [7, 11) is 0. The number of guanidine groups is 1. The lowest BCUT2D eigenvalue weighted by Gasteiger charge is -2.11. The molecule has 4 nitrogen and oxygen atoms in total. The molecule has 22 heavy (non-hydrogen) atoms. The monoisotopic (exact) mass is 427 g/mol. The predicted molar refractivity (Wildman–Crippen MR) is 96.0 cm³/mol. The molecule has 0 bridgehead atoms. The van der Waals surface area contributed by atoms with Crippen LogP contribution < -0.4 is 10.6 Å². The number of hydrogen-bond donors (Lipinski definition) is 2. The topological polar surface area (TPSA) is 45.7 Å². The van der Waals surface area contributed by atoms with E-state index >= 15 is 0 Å². The molecule has 0 atom stereocenters. The average molecular weight is 427 g/mol. The van der Waals surface area contributed by atoms with Crippen molar-refractivity contribution in [1.82, 2.24) is 10.6 Å². The Morgan fingerprint density at radius 1 is 1.23 bits per heavy atom. The van der Waals surface area contributed by atoms with Gasteiger partial charge >= 0.3 is 0 Å². The largest absolute Gasteiger partial charge is 0.380 e. The van der Waals surface area contributed by atoms with E-state index in [-0.39, 0.29) is 24.0 Å². The van der Waals surface area contributed by atoms with Gasteiger partial charge in [0.2, 0.25) is 0 Å². The molecule has 0 spiro atoms. The first kappa shape index (κ1) is 21.0. The summed E-state index contributed by atoms with van der Waals surface area (Å²) < 4.78 is 31.7. The molecule has 1 aromatic rings. The summed E-state index contributed by atoms with van der Waals surface area (Å²) >= 11 is 0. The Kier molecular flexibility index (Phi) is 12.0. The van der Waals surface area contributed by atoms with Crippen molar-refractivity contribution >= 4 is 29.9 Å². The maximum Gasteiger partial charge on any atom is 0.191 e. The quantitative estimate of drug-likeness (QED) is 0.290. The van der Waals surface area contributed by atoms with E-state index in [1.54, 1.807) is 0 Å². The molecule has 7 heteroatoms. The van der Waals surface area contributed by atoms with Gasteiger partial charge in [0, 0.05) is 19.7 Å². The number of benzene rings is 1. The summed E-state index contributed by atoms with van der Waals surface area (Å²) in [5, 5.41) is 6.17. The van der Waals surface area contributed by atoms with Gasteiger partial charge in [-0.3, -0.25) is 4.99 Å². The average Bonchev–Trinajstić information content (AvgIpc) is 2.47. The second-order valence-corrected chi connectivity index (χ2v) is 4.37. The summed E-state index contributed by atoms with van der Waals surface area (Å²) in [5.74, 6) is -0.172. The highest BCUT2D eigenvalue weighted by molar-refractivity contribution is 14.0. The molecule has 0 fully saturated rings. The number of nitrogens with one attached hydrogen (secondary N) is 2. The molecular weight excluding hydrogens is 403 g/mol. The Morgan fingerprint density at radius 2 is 2.00 bits per heavy atom. The van der Waals surface area contributed by atoms with Crippen LogP contribution in [0, 0.1) is 11.6 Å². The normalized spacial score (nSPS) is 11.0. The van der Waals surface area contributed by atoms with E-state index in [0.717, 1.165) is 18.7 Å². The van der Waals surface area contributed by atoms with Gasteiger partial charge in [-0.1, -0.05) is 0 Å². The summed E-state index contributed by atoms with van der Waals surface area (Å²) in [4.78, 5) is 4.32. The molecule has 0 unspecified atom stereocenters. The Morgan fingerprint density at radius 3 is 2.68 bits per heavy atom. The first-order valence-corrected chi connectivity index (χ1v) is 7.21. The molecule has 0 radical (unpaired) electrons. The summed E-state index contributed by atoms with van der Waals surface area (Å²) in [6, 6.07) is 3.48. The van der Waals surface area contributed by atoms with Crippen molar-refractivity contribution < 1.29 is 13.5 Å². The van der Waals surface area contributed by atoms with Gasteiger partial charge in [-0.2, -0.15) is 0 Å². The number of rotatable bonds is 8. The van der Waals surface area contributed by atoms with E-state index in [2.05, 4.69) is 15.6 Å². The van der Waals surface area contributed by atoms with E-state index in [9.17, 15) is 8.78 Å². The van der Waals surface area contributed by atoms with Crippen LogP contribution in [0.1, 0.15) is 19.4 Å². The van der Waals surface area contributed by atoms with Crippen LogP contribution in [0.3, 0.4) is 0 Å². The van der Waals surface area contributed by atoms with Crippen LogP contribution in [-0.2, 0) is 11.2 Å². The fourth-order valence-electron chi connectivity index (χ4n) is 1.76. The van der Waals surface area contributed by atoms with Gasteiger partial charge in [-0.25, -0.2) is 8.78 Å². The van der Waals surface area contributed by atoms with Crippen molar-refractivity contribution in [2.45, 2.75) is 20.3 Å². The standard InChI is InChI=1S/C15H23F2N3O.HI/c1-3-18-15(20-9-10-21-4-2)19-8-7-12-11-13(16)5-6-14(12)17;/h5-6,11H,3-4,7-10H2,1-2H3,(H2,18,19,20);1H. The van der Waals surface area contributed by atoms with Crippen molar-refractivity contribution in [1.29, 1.82) is 0 Å². The smallest absolute Gasteiger partial charge is 0.191 e. The molecule has 0 aliphatic heterocycles. The number of nitrogens with zero attached hydrogens (tertiary/aromatic N) is 1. The molecule has 0 aliphatic rings. The minimum Gasteiger partial charge on any atom is -0.380 e. The zero-order chi connectivity index (χ0) is 15.5. The highest BCUT2D eigenvalue weighted by atomic mass is 127. The molecule has 1 aromatic carbocycles. The maximum absolute atomic E-state index is 13.5. The fraction of sp³-hybridized carbons (Fsp3) is 0.533. The number of ether oxygens (including phenoxy) is 1. The fourth-order valence-corrected chi connectivity index (χ4v) is 1.76. The van der Waals surface area contributed by atoms with Crippen LogP contribution in [0.5, 0.6) is 0 Å². The lowest BCUT2D eigenvalue weighted by molar-refractivity contribution is 0.155. The van der Waals surface area contributed by atoms with Gasteiger partial charge in [-0.05, 0) is 44.0 Å². The van der Waals surface area contributed by atoms with Crippen molar-refractivity contribution in [3.63, 3.8) is 0 Å². The zero-order valence-corrected chi connectivity index (χ0v) is 15.3. The first-order valence-electron chi connectivity index (χ1n) is 7.21. The van der Waals surface area contributed by atoms with Crippen molar-refractivity contribution in [2.24, 2.45) is 4.99 Å². The van der Waals surface area contributed by atoms with Gasteiger partial charge in [0.15, 0.2) is 5.96 Å². The Bertz CT molecular complexity index is 458. The second kappa shape index (κ2) is 12.6. The van der Waals surface area contributed by atoms with Crippen LogP contribution in [0.15, 0.2) is 23.2 Å². The summed E-state index contributed by atoms with van der Waals surface area (Å²) in [6.45, 7) is 6.88. The van der Waals surface area contributed by atoms with Crippen LogP contribution >= 0.6 is 24.0 Å². The molecule has 126 valence electrons. The highest BCUT2D eigenvalue weighted by Gasteiger charge is 2.04. The van der Waals surface area contributed by atoms with Gasteiger partial charge in [0.05, 0.1) is 13.2 Å². The Labute approximate surface area is 147 Å². The zero-order valence-electron chi connectivity index (χ0n) is 13.0. The van der Waals surface area contributed by atoms with Crippen LogP contribution in [0.2, 0.25) is 0 Å². The van der Waals surface area contributed by atoms with Crippen LogP contribution in [0.4, 0.5) is 8.78 Å². The Balaban J connectivity index is 0.00000441. The van der Waals surface area contributed by atoms with E-state index in [0.29, 0.717) is 44.2 Å². The molecule has 0 heterocycles. The van der Waals surface area contributed by atoms with E-state index < -0.39 is 11.6 Å². The van der Waals surface area contributed by atoms with Crippen molar-refractivity contribution in [2.75, 3.05) is 32.8 Å². The van der Waals surface area contributed by atoms with Gasteiger partial charge < -0.3 is 15.4 Å². The summed E-state index contributed by atoms with van der Waals surface area (Å²) in [5.41, 5.74) is 0.354. The van der Waals surface area contributed by atoms with Crippen LogP contribution in [0.25, 0.3) is 0 Å². The minimum atomic E-state index is -0.427. The minimum absolute atomic E-state index is 0. The molecule has 0 aromatic heterocycles. The number of hydrogen-bond acceptors (Lipinski definition) is 2. The molecule has 2 N–H and O–H groups in total. The second-order valence-electron chi connectivity index (χ2n) is 4.37. The van der Waals surface area contributed by atoms with Crippen molar-refractivity contribution in [3.05, 3.63) is 35.4 Å². The Hall–Kier alpha value is -0.960. The first-order chi connectivity index (χ1) is 10.2. The SMILES string of the molecule is CCNC(=NCCOCC)NCCc1cc(F)ccc1F.I. The van der Waals surface area contributed by atoms with Crippen LogP contribution in [-0.4, -0.2) is 38.8 Å². The predicted octanol–water partition coefficient (Wildman–Crippen LogP) is 2.72. The lowest BCUT2D eigenvalue weighted by atomic mass is 10.1. The number of halogens is 3. The maximum atomic E-state index is 13.5. The lowest BCUT2D eigenvalue weighted by Crippen LogP contribution is -2.38. The third-order valence-corrected chi connectivity index (χ3v) is 2.75. The van der Waals surface area contributed by atoms with E-state index in [4.69, 9.17) is 4.74 Å². The molecule has 0 aliphatic carbocycles. The highest BCUT2D eigenvalue weighted by Crippen LogP contribution is 2.09. The number of aliphatic imine (C=N–C) groups is 1. The third kappa shape index (κ3) is 8.47. The van der Waals surface area contributed by atoms with Gasteiger partial charge in [-0.15, -0.1) is 24.0 Å².